The second kappa shape index (κ2) is 5.68. The van der Waals surface area contributed by atoms with E-state index in [1.54, 1.807) is 5.56 Å². The van der Waals surface area contributed by atoms with Crippen molar-refractivity contribution in [3.8, 4) is 0 Å². The summed E-state index contributed by atoms with van der Waals surface area (Å²) >= 11 is 0. The van der Waals surface area contributed by atoms with E-state index in [-0.39, 0.29) is 0 Å². The molecule has 0 spiro atoms. The number of aryl methyl sites for hydroxylation is 2. The zero-order valence-corrected chi connectivity index (χ0v) is 11.4. The molecule has 17 heavy (non-hydrogen) atoms. The van der Waals surface area contributed by atoms with Gasteiger partial charge in [-0.25, -0.2) is 0 Å². The largest absolute Gasteiger partial charge is 0.317 e. The van der Waals surface area contributed by atoms with Gasteiger partial charge in [0.2, 0.25) is 0 Å². The molecule has 0 heterocycles. The van der Waals surface area contributed by atoms with E-state index < -0.39 is 0 Å². The maximum absolute atomic E-state index is 3.49. The molecule has 0 radical (unpaired) electrons. The second-order valence-corrected chi connectivity index (χ2v) is 5.54. The highest BCUT2D eigenvalue weighted by atomic mass is 14.9. The average molecular weight is 231 g/mol. The Bertz CT molecular complexity index is 370. The Morgan fingerprint density at radius 1 is 1.18 bits per heavy atom. The molecule has 2 unspecified atom stereocenters. The first-order valence-corrected chi connectivity index (χ1v) is 6.97. The van der Waals surface area contributed by atoms with Crippen LogP contribution in [0.3, 0.4) is 0 Å². The van der Waals surface area contributed by atoms with Crippen LogP contribution in [0, 0.1) is 25.7 Å². The number of rotatable bonds is 5. The maximum Gasteiger partial charge on any atom is -0.00179 e. The molecule has 0 saturated heterocycles. The van der Waals surface area contributed by atoms with Gasteiger partial charge in [-0.3, -0.25) is 0 Å². The van der Waals surface area contributed by atoms with Gasteiger partial charge >= 0.3 is 0 Å². The van der Waals surface area contributed by atoms with Gasteiger partial charge in [-0.2, -0.15) is 0 Å². The third kappa shape index (κ3) is 3.10. The van der Waals surface area contributed by atoms with Gasteiger partial charge in [-0.05, 0) is 69.2 Å². The van der Waals surface area contributed by atoms with E-state index >= 15 is 0 Å². The fourth-order valence-electron chi connectivity index (χ4n) is 2.81. The molecule has 1 N–H and O–H groups in total. The Hall–Kier alpha value is -0.820. The van der Waals surface area contributed by atoms with E-state index in [4.69, 9.17) is 0 Å². The lowest BCUT2D eigenvalue weighted by Crippen LogP contribution is -2.36. The standard InChI is InChI=1S/C16H25N/c1-4-17-11-15-8-7-14(15)10-16-9-12(2)5-6-13(16)3/h5-6,9,14-15,17H,4,7-8,10-11H2,1-3H3. The minimum atomic E-state index is 0.912. The van der Waals surface area contributed by atoms with Crippen LogP contribution in [0.4, 0.5) is 0 Å². The first-order chi connectivity index (χ1) is 8.20. The molecule has 1 heteroatoms. The lowest BCUT2D eigenvalue weighted by molar-refractivity contribution is 0.171. The molecule has 0 amide bonds. The SMILES string of the molecule is CCNCC1CCC1Cc1cc(C)ccc1C. The van der Waals surface area contributed by atoms with E-state index in [1.165, 1.54) is 36.9 Å². The molecular formula is C16H25N. The summed E-state index contributed by atoms with van der Waals surface area (Å²) in [5, 5.41) is 3.49. The summed E-state index contributed by atoms with van der Waals surface area (Å²) in [5.74, 6) is 1.82. The van der Waals surface area contributed by atoms with Gasteiger partial charge in [-0.1, -0.05) is 30.7 Å². The Morgan fingerprint density at radius 2 is 1.94 bits per heavy atom. The van der Waals surface area contributed by atoms with E-state index in [9.17, 15) is 0 Å². The predicted octanol–water partition coefficient (Wildman–Crippen LogP) is 3.48. The average Bonchev–Trinajstić information content (AvgIpc) is 2.29. The number of hydrogen-bond donors (Lipinski definition) is 1. The van der Waals surface area contributed by atoms with Crippen LogP contribution >= 0.6 is 0 Å². The number of benzene rings is 1. The zero-order valence-electron chi connectivity index (χ0n) is 11.4. The Kier molecular flexibility index (Phi) is 4.22. The molecule has 94 valence electrons. The Balaban J connectivity index is 1.94. The molecule has 1 fully saturated rings. The molecule has 2 atom stereocenters. The van der Waals surface area contributed by atoms with Crippen molar-refractivity contribution in [1.29, 1.82) is 0 Å². The normalized spacial score (nSPS) is 23.5. The van der Waals surface area contributed by atoms with Crippen LogP contribution in [0.25, 0.3) is 0 Å². The van der Waals surface area contributed by atoms with Crippen molar-refractivity contribution in [1.82, 2.24) is 5.32 Å². The smallest absolute Gasteiger partial charge is 0.00179 e. The molecule has 0 aromatic heterocycles. The van der Waals surface area contributed by atoms with Crippen LogP contribution < -0.4 is 5.32 Å². The van der Waals surface area contributed by atoms with Crippen molar-refractivity contribution in [3.05, 3.63) is 34.9 Å². The van der Waals surface area contributed by atoms with Crippen molar-refractivity contribution in [2.45, 2.75) is 40.0 Å². The van der Waals surface area contributed by atoms with Crippen LogP contribution in [-0.4, -0.2) is 13.1 Å². The van der Waals surface area contributed by atoms with E-state index in [0.717, 1.165) is 18.4 Å². The fourth-order valence-corrected chi connectivity index (χ4v) is 2.81. The maximum atomic E-state index is 3.49. The summed E-state index contributed by atoms with van der Waals surface area (Å²) < 4.78 is 0. The fraction of sp³-hybridized carbons (Fsp3) is 0.625. The summed E-state index contributed by atoms with van der Waals surface area (Å²) in [4.78, 5) is 0. The highest BCUT2D eigenvalue weighted by Gasteiger charge is 2.30. The third-order valence-electron chi connectivity index (χ3n) is 4.22. The van der Waals surface area contributed by atoms with Gasteiger partial charge in [0.25, 0.3) is 0 Å². The van der Waals surface area contributed by atoms with Crippen LogP contribution in [0.2, 0.25) is 0 Å². The minimum Gasteiger partial charge on any atom is -0.317 e. The van der Waals surface area contributed by atoms with Crippen LogP contribution in [-0.2, 0) is 6.42 Å². The quantitative estimate of drug-likeness (QED) is 0.818. The molecule has 1 aliphatic carbocycles. The summed E-state index contributed by atoms with van der Waals surface area (Å²) in [5.41, 5.74) is 4.43. The van der Waals surface area contributed by atoms with Gasteiger partial charge in [0, 0.05) is 0 Å². The first kappa shape index (κ1) is 12.6. The highest BCUT2D eigenvalue weighted by Crippen LogP contribution is 2.36. The lowest BCUT2D eigenvalue weighted by Gasteiger charge is -2.37. The Morgan fingerprint density at radius 3 is 2.59 bits per heavy atom. The molecule has 1 saturated carbocycles. The first-order valence-electron chi connectivity index (χ1n) is 6.97. The molecule has 2 rings (SSSR count). The van der Waals surface area contributed by atoms with Gasteiger partial charge in [0.15, 0.2) is 0 Å². The molecule has 0 aliphatic heterocycles. The topological polar surface area (TPSA) is 12.0 Å². The number of nitrogens with one attached hydrogen (secondary N) is 1. The Labute approximate surface area is 106 Å². The lowest BCUT2D eigenvalue weighted by atomic mass is 9.70. The summed E-state index contributed by atoms with van der Waals surface area (Å²) in [6, 6.07) is 6.86. The minimum absolute atomic E-state index is 0.912. The van der Waals surface area contributed by atoms with Crippen molar-refractivity contribution < 1.29 is 0 Å². The summed E-state index contributed by atoms with van der Waals surface area (Å²) in [6.07, 6.45) is 4.12. The van der Waals surface area contributed by atoms with Crippen molar-refractivity contribution in [2.24, 2.45) is 11.8 Å². The monoisotopic (exact) mass is 231 g/mol. The zero-order chi connectivity index (χ0) is 12.3. The molecular weight excluding hydrogens is 206 g/mol. The third-order valence-corrected chi connectivity index (χ3v) is 4.22. The molecule has 1 nitrogen and oxygen atoms in total. The molecule has 1 aromatic carbocycles. The van der Waals surface area contributed by atoms with Gasteiger partial charge in [0.05, 0.1) is 0 Å². The van der Waals surface area contributed by atoms with Crippen molar-refractivity contribution >= 4 is 0 Å². The summed E-state index contributed by atoms with van der Waals surface area (Å²) in [6.45, 7) is 8.95. The number of hydrogen-bond acceptors (Lipinski definition) is 1. The van der Waals surface area contributed by atoms with E-state index in [2.05, 4.69) is 44.3 Å². The van der Waals surface area contributed by atoms with E-state index in [1.807, 2.05) is 0 Å². The molecule has 0 bridgehead atoms. The predicted molar refractivity (Wildman–Crippen MR) is 74.4 cm³/mol. The van der Waals surface area contributed by atoms with Gasteiger partial charge in [-0.15, -0.1) is 0 Å². The molecule has 1 aliphatic rings. The molecule has 1 aromatic rings. The van der Waals surface area contributed by atoms with Crippen LogP contribution in [0.15, 0.2) is 18.2 Å². The highest BCUT2D eigenvalue weighted by molar-refractivity contribution is 5.31. The van der Waals surface area contributed by atoms with Crippen LogP contribution in [0.5, 0.6) is 0 Å². The summed E-state index contributed by atoms with van der Waals surface area (Å²) in [7, 11) is 0. The van der Waals surface area contributed by atoms with Gasteiger partial charge < -0.3 is 5.32 Å². The van der Waals surface area contributed by atoms with Gasteiger partial charge in [0.1, 0.15) is 0 Å². The van der Waals surface area contributed by atoms with Crippen molar-refractivity contribution in [3.63, 3.8) is 0 Å². The second-order valence-electron chi connectivity index (χ2n) is 5.54. The van der Waals surface area contributed by atoms with E-state index in [0.29, 0.717) is 0 Å². The van der Waals surface area contributed by atoms with Crippen LogP contribution in [0.1, 0.15) is 36.5 Å². The van der Waals surface area contributed by atoms with Crippen molar-refractivity contribution in [2.75, 3.05) is 13.1 Å².